The van der Waals surface area contributed by atoms with Crippen molar-refractivity contribution >= 4 is 11.0 Å². The molecule has 0 radical (unpaired) electrons. The van der Waals surface area contributed by atoms with E-state index < -0.39 is 0 Å². The molecule has 9 heteroatoms. The molecule has 0 amide bonds. The van der Waals surface area contributed by atoms with Crippen LogP contribution in [0.4, 0.5) is 0 Å². The van der Waals surface area contributed by atoms with Crippen molar-refractivity contribution in [3.05, 3.63) is 125 Å². The van der Waals surface area contributed by atoms with Crippen LogP contribution in [0.3, 0.4) is 0 Å². The molecule has 9 nitrogen and oxygen atoms in total. The molecule has 0 spiro atoms. The smallest absolute Gasteiger partial charge is 0.247 e. The van der Waals surface area contributed by atoms with Gasteiger partial charge in [-0.2, -0.15) is 5.10 Å². The predicted molar refractivity (Wildman–Crippen MR) is 177 cm³/mol. The molecule has 0 aliphatic carbocycles. The van der Waals surface area contributed by atoms with Crippen molar-refractivity contribution < 1.29 is 9.52 Å². The number of hydrogen-bond donors (Lipinski definition) is 2. The molecular weight excluding hydrogens is 564 g/mol. The molecule has 0 saturated heterocycles. The van der Waals surface area contributed by atoms with Gasteiger partial charge in [-0.1, -0.05) is 39.0 Å². The number of phenols is 1. The number of fused-ring (bicyclic) bond motifs is 1. The Morgan fingerprint density at radius 1 is 0.956 bits per heavy atom. The van der Waals surface area contributed by atoms with Gasteiger partial charge in [0.25, 0.3) is 0 Å². The van der Waals surface area contributed by atoms with Crippen molar-refractivity contribution in [2.75, 3.05) is 0 Å². The molecule has 0 saturated carbocycles. The quantitative estimate of drug-likeness (QED) is 0.196. The summed E-state index contributed by atoms with van der Waals surface area (Å²) in [5, 5.41) is 15.9. The normalized spacial score (nSPS) is 11.0. The average molecular weight is 599 g/mol. The van der Waals surface area contributed by atoms with E-state index in [2.05, 4.69) is 16.9 Å². The molecule has 0 unspecified atom stereocenters. The first-order valence-corrected chi connectivity index (χ1v) is 15.0. The van der Waals surface area contributed by atoms with Crippen LogP contribution in [0.15, 0.2) is 107 Å². The van der Waals surface area contributed by atoms with E-state index in [1.807, 2.05) is 90.7 Å². The summed E-state index contributed by atoms with van der Waals surface area (Å²) in [5.41, 5.74) is 7.40. The zero-order chi connectivity index (χ0) is 31.5. The maximum Gasteiger partial charge on any atom is 0.247 e. The van der Waals surface area contributed by atoms with E-state index >= 15 is 0 Å². The molecule has 5 heterocycles. The van der Waals surface area contributed by atoms with E-state index in [0.29, 0.717) is 17.9 Å². The molecule has 0 aliphatic heterocycles. The Labute approximate surface area is 260 Å². The number of aromatic hydroxyl groups is 1. The number of phenolic OH excluding ortho intramolecular Hbond substituents is 1. The van der Waals surface area contributed by atoms with Crippen molar-refractivity contribution in [1.82, 2.24) is 29.3 Å². The van der Waals surface area contributed by atoms with Crippen LogP contribution in [0.25, 0.3) is 50.7 Å². The van der Waals surface area contributed by atoms with Gasteiger partial charge < -0.3 is 19.1 Å². The number of aromatic amines is 1. The second-order valence-corrected chi connectivity index (χ2v) is 10.4. The molecule has 45 heavy (non-hydrogen) atoms. The lowest BCUT2D eigenvalue weighted by molar-refractivity contribution is 0.476. The number of rotatable bonds is 7. The number of benzene rings is 2. The van der Waals surface area contributed by atoms with Crippen molar-refractivity contribution in [1.29, 1.82) is 0 Å². The van der Waals surface area contributed by atoms with E-state index in [1.165, 1.54) is 6.07 Å². The van der Waals surface area contributed by atoms with E-state index in [9.17, 15) is 9.90 Å². The maximum absolute atomic E-state index is 11.7. The number of nitrogens with one attached hydrogen (secondary N) is 1. The summed E-state index contributed by atoms with van der Waals surface area (Å²) in [4.78, 5) is 23.8. The van der Waals surface area contributed by atoms with Crippen LogP contribution in [0.5, 0.6) is 5.75 Å². The standard InChI is InChI=1S/C34H28N6O3.C2H6/c1-3-25-16-30(32-12-6-21(2)43-32)40(38-25)26-9-10-29-28(17-26)37-34(39(29)20-22-7-13-33(42)36-18-22)27-15-23(8-11-31(27)41)24-5-4-14-35-19-24;1-2/h4-19,41H,3,20H2,1-2H3,(H,36,42);1-2H3. The van der Waals surface area contributed by atoms with Crippen molar-refractivity contribution in [3.8, 4) is 45.4 Å². The van der Waals surface area contributed by atoms with Crippen LogP contribution in [0.2, 0.25) is 0 Å². The highest BCUT2D eigenvalue weighted by atomic mass is 16.3. The largest absolute Gasteiger partial charge is 0.507 e. The Bertz CT molecular complexity index is 2130. The molecule has 0 atom stereocenters. The van der Waals surface area contributed by atoms with Gasteiger partial charge in [0.15, 0.2) is 5.76 Å². The van der Waals surface area contributed by atoms with Crippen LogP contribution in [0.1, 0.15) is 37.8 Å². The number of nitrogens with zero attached hydrogens (tertiary/aromatic N) is 5. The minimum absolute atomic E-state index is 0.112. The average Bonchev–Trinajstić information content (AvgIpc) is 3.80. The van der Waals surface area contributed by atoms with Gasteiger partial charge in [0.05, 0.1) is 34.5 Å². The summed E-state index contributed by atoms with van der Waals surface area (Å²) >= 11 is 0. The fourth-order valence-corrected chi connectivity index (χ4v) is 5.31. The highest BCUT2D eigenvalue weighted by Gasteiger charge is 2.20. The first-order chi connectivity index (χ1) is 22.0. The van der Waals surface area contributed by atoms with Gasteiger partial charge in [-0.05, 0) is 79.1 Å². The van der Waals surface area contributed by atoms with Crippen LogP contribution < -0.4 is 5.56 Å². The number of pyridine rings is 2. The third kappa shape index (κ3) is 5.80. The molecule has 5 aromatic heterocycles. The monoisotopic (exact) mass is 598 g/mol. The summed E-state index contributed by atoms with van der Waals surface area (Å²) in [6.07, 6.45) is 6.00. The SMILES string of the molecule is CC.CCc1cc(-c2ccc(C)o2)n(-c2ccc3c(c2)nc(-c2cc(-c4cccnc4)ccc2O)n3Cc2ccc(=O)[nH]c2)n1. The highest BCUT2D eigenvalue weighted by Crippen LogP contribution is 2.36. The lowest BCUT2D eigenvalue weighted by atomic mass is 10.0. The molecule has 0 aliphatic rings. The molecule has 2 N–H and O–H groups in total. The van der Waals surface area contributed by atoms with Gasteiger partial charge in [-0.3, -0.25) is 9.78 Å². The zero-order valence-corrected chi connectivity index (χ0v) is 25.7. The summed E-state index contributed by atoms with van der Waals surface area (Å²) in [7, 11) is 0. The van der Waals surface area contributed by atoms with E-state index in [0.717, 1.165) is 62.7 Å². The molecule has 0 fully saturated rings. The third-order valence-corrected chi connectivity index (χ3v) is 7.51. The lowest BCUT2D eigenvalue weighted by Crippen LogP contribution is -2.07. The van der Waals surface area contributed by atoms with Crippen LogP contribution in [0, 0.1) is 6.92 Å². The second-order valence-electron chi connectivity index (χ2n) is 10.4. The number of furan rings is 1. The Kier molecular flexibility index (Phi) is 8.16. The molecule has 7 aromatic rings. The molecule has 7 rings (SSSR count). The minimum atomic E-state index is -0.167. The van der Waals surface area contributed by atoms with Crippen molar-refractivity contribution in [3.63, 3.8) is 0 Å². The van der Waals surface area contributed by atoms with E-state index in [1.54, 1.807) is 30.7 Å². The molecule has 2 aromatic carbocycles. The van der Waals surface area contributed by atoms with Gasteiger partial charge >= 0.3 is 0 Å². The fourth-order valence-electron chi connectivity index (χ4n) is 5.31. The Morgan fingerprint density at radius 2 is 1.82 bits per heavy atom. The second kappa shape index (κ2) is 12.5. The number of aryl methyl sites for hydroxylation is 2. The number of imidazole rings is 1. The Hall–Kier alpha value is -5.70. The summed E-state index contributed by atoms with van der Waals surface area (Å²) in [5.74, 6) is 2.28. The predicted octanol–water partition coefficient (Wildman–Crippen LogP) is 7.55. The minimum Gasteiger partial charge on any atom is -0.507 e. The Balaban J connectivity index is 0.00000175. The van der Waals surface area contributed by atoms with Gasteiger partial charge in [-0.15, -0.1) is 0 Å². The maximum atomic E-state index is 11.7. The molecular formula is C36H34N6O3. The van der Waals surface area contributed by atoms with Crippen LogP contribution >= 0.6 is 0 Å². The van der Waals surface area contributed by atoms with E-state index in [4.69, 9.17) is 14.5 Å². The summed E-state index contributed by atoms with van der Waals surface area (Å²) in [6, 6.07) is 24.6. The zero-order valence-electron chi connectivity index (χ0n) is 25.7. The summed E-state index contributed by atoms with van der Waals surface area (Å²) in [6.45, 7) is 8.42. The van der Waals surface area contributed by atoms with Gasteiger partial charge in [0.1, 0.15) is 23.0 Å². The number of hydrogen-bond acceptors (Lipinski definition) is 6. The number of aromatic nitrogens is 6. The number of H-pyrrole nitrogens is 1. The van der Waals surface area contributed by atoms with Gasteiger partial charge in [-0.25, -0.2) is 9.67 Å². The summed E-state index contributed by atoms with van der Waals surface area (Å²) < 4.78 is 9.89. The first-order valence-electron chi connectivity index (χ1n) is 15.0. The molecule has 226 valence electrons. The molecule has 0 bridgehead atoms. The van der Waals surface area contributed by atoms with Gasteiger partial charge in [0.2, 0.25) is 5.56 Å². The lowest BCUT2D eigenvalue weighted by Gasteiger charge is -2.12. The van der Waals surface area contributed by atoms with E-state index in [-0.39, 0.29) is 11.3 Å². The van der Waals surface area contributed by atoms with Crippen molar-refractivity contribution in [2.45, 2.75) is 40.7 Å². The highest BCUT2D eigenvalue weighted by molar-refractivity contribution is 5.85. The Morgan fingerprint density at radius 3 is 2.53 bits per heavy atom. The first kappa shape index (κ1) is 29.4. The van der Waals surface area contributed by atoms with Gasteiger partial charge in [0, 0.05) is 30.2 Å². The van der Waals surface area contributed by atoms with Crippen LogP contribution in [-0.2, 0) is 13.0 Å². The topological polar surface area (TPSA) is 115 Å². The fraction of sp³-hybridized carbons (Fsp3) is 0.167. The third-order valence-electron chi connectivity index (χ3n) is 7.51. The van der Waals surface area contributed by atoms with Crippen molar-refractivity contribution in [2.24, 2.45) is 0 Å². The van der Waals surface area contributed by atoms with Crippen LogP contribution in [-0.4, -0.2) is 34.4 Å².